The van der Waals surface area contributed by atoms with Crippen molar-refractivity contribution in [3.63, 3.8) is 0 Å². The minimum Gasteiger partial charge on any atom is -0.463 e. The fourth-order valence-corrected chi connectivity index (χ4v) is 2.80. The van der Waals surface area contributed by atoms with Gasteiger partial charge in [0.05, 0.1) is 6.61 Å². The molecular formula is C19H18BrFO3. The van der Waals surface area contributed by atoms with E-state index in [4.69, 9.17) is 4.74 Å². The summed E-state index contributed by atoms with van der Waals surface area (Å²) in [5.41, 5.74) is 0.619. The quantitative estimate of drug-likeness (QED) is 0.604. The Morgan fingerprint density at radius 2 is 1.92 bits per heavy atom. The van der Waals surface area contributed by atoms with Crippen molar-refractivity contribution in [3.05, 3.63) is 75.5 Å². The first-order valence-electron chi connectivity index (χ1n) is 7.47. The molecule has 126 valence electrons. The Morgan fingerprint density at radius 1 is 1.25 bits per heavy atom. The third kappa shape index (κ3) is 4.52. The van der Waals surface area contributed by atoms with E-state index in [0.717, 1.165) is 10.0 Å². The second kappa shape index (κ2) is 7.73. The van der Waals surface area contributed by atoms with E-state index in [1.54, 1.807) is 44.2 Å². The van der Waals surface area contributed by atoms with E-state index in [9.17, 15) is 14.3 Å². The van der Waals surface area contributed by atoms with Crippen LogP contribution in [0.3, 0.4) is 0 Å². The molecule has 2 rings (SSSR count). The van der Waals surface area contributed by atoms with Crippen molar-refractivity contribution >= 4 is 28.0 Å². The molecule has 24 heavy (non-hydrogen) atoms. The van der Waals surface area contributed by atoms with E-state index in [-0.39, 0.29) is 5.82 Å². The molecule has 5 heteroatoms. The molecule has 1 atom stereocenters. The first-order chi connectivity index (χ1) is 11.3. The monoisotopic (exact) mass is 392 g/mol. The maximum absolute atomic E-state index is 13.1. The molecule has 1 unspecified atom stereocenters. The van der Waals surface area contributed by atoms with Gasteiger partial charge in [0.15, 0.2) is 0 Å². The van der Waals surface area contributed by atoms with E-state index in [1.165, 1.54) is 18.2 Å². The topological polar surface area (TPSA) is 46.5 Å². The number of hydrogen-bond acceptors (Lipinski definition) is 3. The van der Waals surface area contributed by atoms with Crippen LogP contribution in [0.4, 0.5) is 4.39 Å². The largest absolute Gasteiger partial charge is 0.463 e. The zero-order valence-corrected chi connectivity index (χ0v) is 15.0. The number of aliphatic hydroxyl groups is 1. The number of esters is 1. The molecule has 0 aliphatic rings. The lowest BCUT2D eigenvalue weighted by atomic mass is 9.87. The van der Waals surface area contributed by atoms with Crippen LogP contribution in [-0.2, 0) is 15.1 Å². The summed E-state index contributed by atoms with van der Waals surface area (Å²) in [7, 11) is 0. The molecule has 0 bridgehead atoms. The van der Waals surface area contributed by atoms with Crippen LogP contribution in [0.5, 0.6) is 0 Å². The summed E-state index contributed by atoms with van der Waals surface area (Å²) in [5.74, 6) is -0.786. The smallest absolute Gasteiger partial charge is 0.330 e. The average Bonchev–Trinajstić information content (AvgIpc) is 2.53. The lowest BCUT2D eigenvalue weighted by Gasteiger charge is -2.25. The molecule has 2 aromatic rings. The Bertz CT molecular complexity index is 752. The van der Waals surface area contributed by atoms with Crippen molar-refractivity contribution in [2.45, 2.75) is 19.4 Å². The normalized spacial score (nSPS) is 13.7. The van der Waals surface area contributed by atoms with Crippen LogP contribution in [0.2, 0.25) is 0 Å². The molecule has 0 saturated carbocycles. The molecule has 0 aliphatic heterocycles. The predicted molar refractivity (Wildman–Crippen MR) is 94.9 cm³/mol. The van der Waals surface area contributed by atoms with Crippen molar-refractivity contribution in [2.24, 2.45) is 0 Å². The van der Waals surface area contributed by atoms with E-state index < -0.39 is 11.6 Å². The van der Waals surface area contributed by atoms with Crippen molar-refractivity contribution in [1.29, 1.82) is 0 Å². The van der Waals surface area contributed by atoms with Gasteiger partial charge in [-0.15, -0.1) is 0 Å². The van der Waals surface area contributed by atoms with Crippen LogP contribution in [-0.4, -0.2) is 17.7 Å². The maximum atomic E-state index is 13.1. The van der Waals surface area contributed by atoms with Crippen molar-refractivity contribution < 1.29 is 19.0 Å². The second-order valence-corrected chi connectivity index (χ2v) is 6.35. The van der Waals surface area contributed by atoms with Gasteiger partial charge in [-0.25, -0.2) is 9.18 Å². The van der Waals surface area contributed by atoms with Gasteiger partial charge in [0.25, 0.3) is 0 Å². The molecule has 0 aliphatic carbocycles. The summed E-state index contributed by atoms with van der Waals surface area (Å²) in [6, 6.07) is 11.1. The second-order valence-electron chi connectivity index (χ2n) is 5.44. The number of rotatable bonds is 5. The van der Waals surface area contributed by atoms with Crippen LogP contribution in [0, 0.1) is 5.82 Å². The molecule has 0 fully saturated rings. The summed E-state index contributed by atoms with van der Waals surface area (Å²) in [5, 5.41) is 10.9. The van der Waals surface area contributed by atoms with E-state index in [0.29, 0.717) is 17.7 Å². The van der Waals surface area contributed by atoms with Gasteiger partial charge in [0, 0.05) is 10.5 Å². The molecular weight excluding hydrogens is 375 g/mol. The van der Waals surface area contributed by atoms with E-state index >= 15 is 0 Å². The van der Waals surface area contributed by atoms with Gasteiger partial charge in [-0.2, -0.15) is 0 Å². The summed E-state index contributed by atoms with van der Waals surface area (Å²) in [6.45, 7) is 3.69. The molecule has 0 amide bonds. The summed E-state index contributed by atoms with van der Waals surface area (Å²) in [6.07, 6.45) is 2.95. The number of ether oxygens (including phenoxy) is 1. The molecule has 0 saturated heterocycles. The highest BCUT2D eigenvalue weighted by molar-refractivity contribution is 9.10. The number of benzene rings is 2. The zero-order chi connectivity index (χ0) is 17.7. The summed E-state index contributed by atoms with van der Waals surface area (Å²) >= 11 is 3.41. The average molecular weight is 393 g/mol. The highest BCUT2D eigenvalue weighted by atomic mass is 79.9. The Hall–Kier alpha value is -1.98. The highest BCUT2D eigenvalue weighted by Gasteiger charge is 2.26. The maximum Gasteiger partial charge on any atom is 0.330 e. The minimum absolute atomic E-state index is 0.312. The van der Waals surface area contributed by atoms with Gasteiger partial charge in [-0.1, -0.05) is 28.1 Å². The van der Waals surface area contributed by atoms with Crippen LogP contribution in [0.15, 0.2) is 53.0 Å². The Balaban J connectivity index is 2.36. The molecule has 2 aromatic carbocycles. The summed E-state index contributed by atoms with van der Waals surface area (Å²) < 4.78 is 18.7. The number of halogens is 2. The standard InChI is InChI=1S/C19H18BrFO3/c1-3-24-18(22)9-4-13-10-15(12-16(20)11-13)19(2,23)14-5-7-17(21)8-6-14/h4-12,23H,3H2,1-2H3. The molecule has 0 spiro atoms. The predicted octanol–water partition coefficient (Wildman–Crippen LogP) is 4.42. The molecule has 3 nitrogen and oxygen atoms in total. The molecule has 0 aromatic heterocycles. The molecule has 1 N–H and O–H groups in total. The van der Waals surface area contributed by atoms with Gasteiger partial charge < -0.3 is 9.84 Å². The zero-order valence-electron chi connectivity index (χ0n) is 13.4. The van der Waals surface area contributed by atoms with Crippen LogP contribution < -0.4 is 0 Å². The Labute approximate surface area is 148 Å². The van der Waals surface area contributed by atoms with Gasteiger partial charge in [-0.05, 0) is 66.9 Å². The Kier molecular flexibility index (Phi) is 5.91. The number of hydrogen-bond donors (Lipinski definition) is 1. The lowest BCUT2D eigenvalue weighted by Crippen LogP contribution is -2.22. The highest BCUT2D eigenvalue weighted by Crippen LogP contribution is 2.32. The fraction of sp³-hybridized carbons (Fsp3) is 0.211. The number of carbonyl (C=O) groups is 1. The third-order valence-corrected chi connectivity index (χ3v) is 4.04. The third-order valence-electron chi connectivity index (χ3n) is 3.59. The molecule has 0 heterocycles. The first-order valence-corrected chi connectivity index (χ1v) is 8.26. The van der Waals surface area contributed by atoms with Crippen LogP contribution in [0.25, 0.3) is 6.08 Å². The minimum atomic E-state index is -1.30. The van der Waals surface area contributed by atoms with E-state index in [2.05, 4.69) is 15.9 Å². The van der Waals surface area contributed by atoms with Gasteiger partial charge in [0.2, 0.25) is 0 Å². The van der Waals surface area contributed by atoms with Crippen LogP contribution >= 0.6 is 15.9 Å². The van der Waals surface area contributed by atoms with Crippen molar-refractivity contribution in [2.75, 3.05) is 6.61 Å². The van der Waals surface area contributed by atoms with Gasteiger partial charge in [-0.3, -0.25) is 0 Å². The van der Waals surface area contributed by atoms with Crippen molar-refractivity contribution in [1.82, 2.24) is 0 Å². The SMILES string of the molecule is CCOC(=O)C=Cc1cc(Br)cc(C(C)(O)c2ccc(F)cc2)c1. The first kappa shape index (κ1) is 18.4. The Morgan fingerprint density at radius 3 is 2.54 bits per heavy atom. The summed E-state index contributed by atoms with van der Waals surface area (Å²) in [4.78, 5) is 11.4. The molecule has 0 radical (unpaired) electrons. The van der Waals surface area contributed by atoms with Crippen LogP contribution in [0.1, 0.15) is 30.5 Å². The number of carbonyl (C=O) groups excluding carboxylic acids is 1. The van der Waals surface area contributed by atoms with Gasteiger partial charge >= 0.3 is 5.97 Å². The fourth-order valence-electron chi connectivity index (χ4n) is 2.29. The lowest BCUT2D eigenvalue weighted by molar-refractivity contribution is -0.137. The van der Waals surface area contributed by atoms with Gasteiger partial charge in [0.1, 0.15) is 11.4 Å². The van der Waals surface area contributed by atoms with Crippen molar-refractivity contribution in [3.8, 4) is 0 Å². The van der Waals surface area contributed by atoms with E-state index in [1.807, 2.05) is 6.07 Å².